The van der Waals surface area contributed by atoms with Crippen LogP contribution in [0.15, 0.2) is 22.7 Å². The summed E-state index contributed by atoms with van der Waals surface area (Å²) in [6.07, 6.45) is 0.891. The van der Waals surface area contributed by atoms with Crippen molar-refractivity contribution in [2.24, 2.45) is 7.05 Å². The number of benzene rings is 1. The molecule has 0 bridgehead atoms. The summed E-state index contributed by atoms with van der Waals surface area (Å²) in [7, 11) is 1.93. The van der Waals surface area contributed by atoms with Crippen molar-refractivity contribution in [3.8, 4) is 5.75 Å². The molecule has 1 aromatic heterocycles. The number of aryl methyl sites for hydroxylation is 2. The van der Waals surface area contributed by atoms with Crippen molar-refractivity contribution in [3.63, 3.8) is 0 Å². The van der Waals surface area contributed by atoms with E-state index in [9.17, 15) is 0 Å². The molecule has 0 saturated carbocycles. The van der Waals surface area contributed by atoms with Crippen molar-refractivity contribution in [3.05, 3.63) is 44.6 Å². The van der Waals surface area contributed by atoms with E-state index >= 15 is 0 Å². The third kappa shape index (κ3) is 3.38. The standard InChI is InChI=1S/C14H15Br2ClN2O/c1-3-11-14(16)12(19(2)18-11)8-20-13-5-4-10(17)6-9(13)7-15/h4-6H,3,7-8H2,1-2H3. The molecule has 0 unspecified atom stereocenters. The van der Waals surface area contributed by atoms with Crippen LogP contribution >= 0.6 is 43.5 Å². The van der Waals surface area contributed by atoms with Crippen molar-refractivity contribution >= 4 is 43.5 Å². The van der Waals surface area contributed by atoms with Gasteiger partial charge in [0.2, 0.25) is 0 Å². The Hall–Kier alpha value is -0.520. The fourth-order valence-electron chi connectivity index (χ4n) is 1.92. The number of rotatable bonds is 5. The van der Waals surface area contributed by atoms with E-state index in [1.165, 1.54) is 0 Å². The number of ether oxygens (including phenoxy) is 1. The summed E-state index contributed by atoms with van der Waals surface area (Å²) in [5.74, 6) is 0.831. The summed E-state index contributed by atoms with van der Waals surface area (Å²) in [5, 5.41) is 5.87. The first-order valence-corrected chi connectivity index (χ1v) is 8.53. The molecule has 0 spiro atoms. The number of nitrogens with zero attached hydrogens (tertiary/aromatic N) is 2. The molecule has 20 heavy (non-hydrogen) atoms. The van der Waals surface area contributed by atoms with Gasteiger partial charge in [0.05, 0.1) is 15.9 Å². The Bertz CT molecular complexity index is 613. The van der Waals surface area contributed by atoms with Crippen molar-refractivity contribution < 1.29 is 4.74 Å². The highest BCUT2D eigenvalue weighted by Crippen LogP contribution is 2.27. The Morgan fingerprint density at radius 3 is 2.75 bits per heavy atom. The molecule has 0 fully saturated rings. The van der Waals surface area contributed by atoms with Gasteiger partial charge >= 0.3 is 0 Å². The van der Waals surface area contributed by atoms with Gasteiger partial charge in [0.15, 0.2) is 0 Å². The lowest BCUT2D eigenvalue weighted by Crippen LogP contribution is -2.04. The molecule has 2 aromatic rings. The minimum absolute atomic E-state index is 0.464. The first-order valence-electron chi connectivity index (χ1n) is 6.24. The van der Waals surface area contributed by atoms with Gasteiger partial charge in [0, 0.05) is 23.0 Å². The summed E-state index contributed by atoms with van der Waals surface area (Å²) in [4.78, 5) is 0. The predicted molar refractivity (Wildman–Crippen MR) is 88.7 cm³/mol. The maximum absolute atomic E-state index is 5.99. The molecular weight excluding hydrogens is 407 g/mol. The zero-order valence-electron chi connectivity index (χ0n) is 11.3. The average Bonchev–Trinajstić information content (AvgIpc) is 2.72. The smallest absolute Gasteiger partial charge is 0.131 e. The van der Waals surface area contributed by atoms with E-state index in [2.05, 4.69) is 43.9 Å². The molecule has 0 aliphatic rings. The zero-order valence-corrected chi connectivity index (χ0v) is 15.2. The van der Waals surface area contributed by atoms with Crippen molar-refractivity contribution in [1.29, 1.82) is 0 Å². The van der Waals surface area contributed by atoms with Crippen LogP contribution in [0.5, 0.6) is 5.75 Å². The highest BCUT2D eigenvalue weighted by Gasteiger charge is 2.13. The van der Waals surface area contributed by atoms with E-state index in [-0.39, 0.29) is 0 Å². The maximum Gasteiger partial charge on any atom is 0.131 e. The Morgan fingerprint density at radius 1 is 1.40 bits per heavy atom. The molecule has 1 aromatic carbocycles. The largest absolute Gasteiger partial charge is 0.487 e. The van der Waals surface area contributed by atoms with Gasteiger partial charge in [0.25, 0.3) is 0 Å². The van der Waals surface area contributed by atoms with E-state index in [1.54, 1.807) is 0 Å². The Labute approximate surface area is 140 Å². The summed E-state index contributed by atoms with van der Waals surface area (Å²) in [6.45, 7) is 2.55. The molecule has 3 nitrogen and oxygen atoms in total. The monoisotopic (exact) mass is 420 g/mol. The lowest BCUT2D eigenvalue weighted by Gasteiger charge is -2.11. The quantitative estimate of drug-likeness (QED) is 0.643. The molecule has 0 saturated heterocycles. The Balaban J connectivity index is 2.19. The molecular formula is C14H15Br2ClN2O. The molecule has 6 heteroatoms. The summed E-state index contributed by atoms with van der Waals surface area (Å²) >= 11 is 13.0. The van der Waals surface area contributed by atoms with E-state index in [4.69, 9.17) is 16.3 Å². The van der Waals surface area contributed by atoms with Crippen LogP contribution in [0.1, 0.15) is 23.9 Å². The van der Waals surface area contributed by atoms with Gasteiger partial charge in [-0.1, -0.05) is 34.5 Å². The number of alkyl halides is 1. The van der Waals surface area contributed by atoms with Crippen LogP contribution in [0.3, 0.4) is 0 Å². The number of halogens is 3. The second-order valence-corrected chi connectivity index (χ2v) is 6.15. The van der Waals surface area contributed by atoms with E-state index < -0.39 is 0 Å². The van der Waals surface area contributed by atoms with E-state index in [1.807, 2.05) is 29.9 Å². The third-order valence-electron chi connectivity index (χ3n) is 3.03. The van der Waals surface area contributed by atoms with E-state index in [0.29, 0.717) is 17.0 Å². The van der Waals surface area contributed by atoms with Crippen molar-refractivity contribution in [2.75, 3.05) is 0 Å². The van der Waals surface area contributed by atoms with Crippen molar-refractivity contribution in [2.45, 2.75) is 25.3 Å². The van der Waals surface area contributed by atoms with Gasteiger partial charge in [-0.25, -0.2) is 0 Å². The summed E-state index contributed by atoms with van der Waals surface area (Å²) in [6, 6.07) is 5.63. The SMILES string of the molecule is CCc1nn(C)c(COc2ccc(Cl)cc2CBr)c1Br. The van der Waals surface area contributed by atoms with Gasteiger partial charge in [-0.2, -0.15) is 5.10 Å². The van der Waals surface area contributed by atoms with Gasteiger partial charge < -0.3 is 4.74 Å². The lowest BCUT2D eigenvalue weighted by atomic mass is 10.2. The highest BCUT2D eigenvalue weighted by atomic mass is 79.9. The minimum Gasteiger partial charge on any atom is -0.487 e. The second kappa shape index (κ2) is 6.96. The van der Waals surface area contributed by atoms with Crippen LogP contribution in [0.25, 0.3) is 0 Å². The average molecular weight is 423 g/mol. The maximum atomic E-state index is 5.99. The van der Waals surface area contributed by atoms with Crippen molar-refractivity contribution in [1.82, 2.24) is 9.78 Å². The zero-order chi connectivity index (χ0) is 14.7. The molecule has 108 valence electrons. The lowest BCUT2D eigenvalue weighted by molar-refractivity contribution is 0.292. The van der Waals surface area contributed by atoms with Gasteiger partial charge in [-0.05, 0) is 40.5 Å². The highest BCUT2D eigenvalue weighted by molar-refractivity contribution is 9.10. The molecule has 0 aliphatic heterocycles. The van der Waals surface area contributed by atoms with Crippen LogP contribution in [-0.4, -0.2) is 9.78 Å². The first-order chi connectivity index (χ1) is 9.56. The van der Waals surface area contributed by atoms with Crippen LogP contribution in [0.4, 0.5) is 0 Å². The number of hydrogen-bond acceptors (Lipinski definition) is 2. The van der Waals surface area contributed by atoms with Gasteiger partial charge in [0.1, 0.15) is 12.4 Å². The van der Waals surface area contributed by atoms with Crippen LogP contribution in [0, 0.1) is 0 Å². The Morgan fingerprint density at radius 2 is 2.15 bits per heavy atom. The molecule has 2 rings (SSSR count). The van der Waals surface area contributed by atoms with E-state index in [0.717, 1.165) is 33.6 Å². The Kier molecular flexibility index (Phi) is 5.52. The molecule has 1 heterocycles. The fourth-order valence-corrected chi connectivity index (χ4v) is 3.28. The minimum atomic E-state index is 0.464. The first kappa shape index (κ1) is 15.9. The number of aromatic nitrogens is 2. The summed E-state index contributed by atoms with van der Waals surface area (Å²) < 4.78 is 8.79. The molecule has 0 amide bonds. The summed E-state index contributed by atoms with van der Waals surface area (Å²) in [5.41, 5.74) is 3.10. The number of hydrogen-bond donors (Lipinski definition) is 0. The van der Waals surface area contributed by atoms with Crippen LogP contribution in [0.2, 0.25) is 5.02 Å². The molecule has 0 aliphatic carbocycles. The predicted octanol–water partition coefficient (Wildman–Crippen LogP) is 4.87. The van der Waals surface area contributed by atoms with Crippen LogP contribution < -0.4 is 4.74 Å². The fraction of sp³-hybridized carbons (Fsp3) is 0.357. The molecule has 0 radical (unpaired) electrons. The second-order valence-electron chi connectivity index (χ2n) is 4.36. The van der Waals surface area contributed by atoms with Gasteiger partial charge in [-0.3, -0.25) is 4.68 Å². The molecule has 0 atom stereocenters. The topological polar surface area (TPSA) is 27.1 Å². The van der Waals surface area contributed by atoms with Gasteiger partial charge in [-0.15, -0.1) is 0 Å². The normalized spacial score (nSPS) is 10.8. The third-order valence-corrected chi connectivity index (χ3v) is 4.79. The molecule has 0 N–H and O–H groups in total. The van der Waals surface area contributed by atoms with Crippen LogP contribution in [-0.2, 0) is 25.4 Å².